The van der Waals surface area contributed by atoms with Gasteiger partial charge in [0.05, 0.1) is 6.54 Å². The minimum absolute atomic E-state index is 0.165. The largest absolute Gasteiger partial charge is 0.336 e. The highest BCUT2D eigenvalue weighted by Gasteiger charge is 2.42. The smallest absolute Gasteiger partial charge is 0.226 e. The lowest BCUT2D eigenvalue weighted by atomic mass is 9.91. The Morgan fingerprint density at radius 2 is 1.88 bits per heavy atom. The predicted molar refractivity (Wildman–Crippen MR) is 97.6 cm³/mol. The molecule has 0 aromatic heterocycles. The SMILES string of the molecule is C#CCN1CCC(C(=O)N2[C@H](C)C[C@H](c3ccccc3)[C@@H]2C)CC1. The summed E-state index contributed by atoms with van der Waals surface area (Å²) in [6.07, 6.45) is 8.33. The topological polar surface area (TPSA) is 23.6 Å². The van der Waals surface area contributed by atoms with Crippen LogP contribution < -0.4 is 0 Å². The van der Waals surface area contributed by atoms with Gasteiger partial charge in [-0.1, -0.05) is 36.3 Å². The van der Waals surface area contributed by atoms with Crippen molar-refractivity contribution < 1.29 is 4.79 Å². The minimum atomic E-state index is 0.165. The standard InChI is InChI=1S/C21H28N2O/c1-4-12-22-13-10-19(11-14-22)21(24)23-16(2)15-20(17(23)3)18-8-6-5-7-9-18/h1,5-9,16-17,19-20H,10-15H2,2-3H3/t16-,17+,20+/m1/s1. The fourth-order valence-corrected chi connectivity index (χ4v) is 4.48. The Kier molecular flexibility index (Phi) is 5.26. The fourth-order valence-electron chi connectivity index (χ4n) is 4.48. The van der Waals surface area contributed by atoms with E-state index in [9.17, 15) is 4.79 Å². The fraction of sp³-hybridized carbons (Fsp3) is 0.571. The lowest BCUT2D eigenvalue weighted by Crippen LogP contribution is -2.46. The quantitative estimate of drug-likeness (QED) is 0.798. The molecule has 0 radical (unpaired) electrons. The van der Waals surface area contributed by atoms with Crippen LogP contribution in [0.4, 0.5) is 0 Å². The molecule has 0 aliphatic carbocycles. The number of likely N-dealkylation sites (tertiary alicyclic amines) is 2. The maximum atomic E-state index is 13.1. The summed E-state index contributed by atoms with van der Waals surface area (Å²) in [6, 6.07) is 11.2. The number of carbonyl (C=O) groups is 1. The average molecular weight is 324 g/mol. The maximum absolute atomic E-state index is 13.1. The Morgan fingerprint density at radius 3 is 2.50 bits per heavy atom. The molecule has 24 heavy (non-hydrogen) atoms. The van der Waals surface area contributed by atoms with Gasteiger partial charge in [-0.25, -0.2) is 0 Å². The third kappa shape index (κ3) is 3.35. The molecule has 0 spiro atoms. The number of nitrogens with zero attached hydrogens (tertiary/aromatic N) is 2. The third-order valence-corrected chi connectivity index (χ3v) is 5.82. The van der Waals surface area contributed by atoms with Gasteiger partial charge < -0.3 is 4.90 Å². The molecule has 3 atom stereocenters. The Balaban J connectivity index is 1.66. The van der Waals surface area contributed by atoms with Crippen LogP contribution in [0.5, 0.6) is 0 Å². The van der Waals surface area contributed by atoms with Crippen molar-refractivity contribution in [3.8, 4) is 12.3 Å². The second-order valence-corrected chi connectivity index (χ2v) is 7.34. The molecule has 0 unspecified atom stereocenters. The normalized spacial score (nSPS) is 28.7. The molecule has 2 aliphatic rings. The number of benzene rings is 1. The van der Waals surface area contributed by atoms with Gasteiger partial charge in [0.2, 0.25) is 5.91 Å². The van der Waals surface area contributed by atoms with E-state index >= 15 is 0 Å². The maximum Gasteiger partial charge on any atom is 0.226 e. The predicted octanol–water partition coefficient (Wildman–Crippen LogP) is 3.12. The lowest BCUT2D eigenvalue weighted by molar-refractivity contribution is -0.139. The summed E-state index contributed by atoms with van der Waals surface area (Å²) < 4.78 is 0. The van der Waals surface area contributed by atoms with Crippen molar-refractivity contribution in [2.24, 2.45) is 5.92 Å². The van der Waals surface area contributed by atoms with Crippen molar-refractivity contribution in [2.75, 3.05) is 19.6 Å². The van der Waals surface area contributed by atoms with Gasteiger partial charge in [-0.15, -0.1) is 6.42 Å². The van der Waals surface area contributed by atoms with E-state index in [1.807, 2.05) is 0 Å². The lowest BCUT2D eigenvalue weighted by Gasteiger charge is -2.35. The highest BCUT2D eigenvalue weighted by molar-refractivity contribution is 5.80. The molecule has 0 bridgehead atoms. The molecule has 1 aromatic rings. The molecule has 3 heteroatoms. The van der Waals surface area contributed by atoms with Gasteiger partial charge in [0.1, 0.15) is 0 Å². The summed E-state index contributed by atoms with van der Waals surface area (Å²) in [6.45, 7) is 7.00. The van der Waals surface area contributed by atoms with Crippen LogP contribution in [0, 0.1) is 18.3 Å². The van der Waals surface area contributed by atoms with Crippen molar-refractivity contribution >= 4 is 5.91 Å². The number of piperidine rings is 1. The van der Waals surface area contributed by atoms with Crippen LogP contribution >= 0.6 is 0 Å². The van der Waals surface area contributed by atoms with E-state index in [1.165, 1.54) is 5.56 Å². The first-order chi connectivity index (χ1) is 11.6. The first-order valence-electron chi connectivity index (χ1n) is 9.14. The van der Waals surface area contributed by atoms with Crippen LogP contribution in [0.1, 0.15) is 44.6 Å². The van der Waals surface area contributed by atoms with Crippen LogP contribution in [0.25, 0.3) is 0 Å². The van der Waals surface area contributed by atoms with Gasteiger partial charge in [-0.3, -0.25) is 9.69 Å². The Labute approximate surface area is 146 Å². The van der Waals surface area contributed by atoms with Crippen LogP contribution in [0.3, 0.4) is 0 Å². The van der Waals surface area contributed by atoms with Gasteiger partial charge >= 0.3 is 0 Å². The molecular formula is C21H28N2O. The minimum Gasteiger partial charge on any atom is -0.336 e. The van der Waals surface area contributed by atoms with Crippen molar-refractivity contribution in [1.29, 1.82) is 0 Å². The average Bonchev–Trinajstić information content (AvgIpc) is 2.90. The molecular weight excluding hydrogens is 296 g/mol. The van der Waals surface area contributed by atoms with E-state index in [1.54, 1.807) is 0 Å². The number of terminal acetylenes is 1. The number of carbonyl (C=O) groups excluding carboxylic acids is 1. The molecule has 1 amide bonds. The number of hydrogen-bond donors (Lipinski definition) is 0. The first kappa shape index (κ1) is 17.0. The van der Waals surface area contributed by atoms with E-state index in [2.05, 4.69) is 59.9 Å². The van der Waals surface area contributed by atoms with Crippen molar-refractivity contribution in [3.05, 3.63) is 35.9 Å². The van der Waals surface area contributed by atoms with Crippen molar-refractivity contribution in [2.45, 2.75) is 51.1 Å². The van der Waals surface area contributed by atoms with Crippen LogP contribution in [0.2, 0.25) is 0 Å². The molecule has 2 fully saturated rings. The van der Waals surface area contributed by atoms with Crippen molar-refractivity contribution in [3.63, 3.8) is 0 Å². The summed E-state index contributed by atoms with van der Waals surface area (Å²) in [5, 5.41) is 0. The first-order valence-corrected chi connectivity index (χ1v) is 9.14. The van der Waals surface area contributed by atoms with E-state index in [-0.39, 0.29) is 12.0 Å². The van der Waals surface area contributed by atoms with Gasteiger partial charge in [0, 0.05) is 23.9 Å². The molecule has 128 valence electrons. The van der Waals surface area contributed by atoms with Gasteiger partial charge in [0.25, 0.3) is 0 Å². The highest BCUT2D eigenvalue weighted by atomic mass is 16.2. The van der Waals surface area contributed by atoms with Gasteiger partial charge in [0.15, 0.2) is 0 Å². The van der Waals surface area contributed by atoms with E-state index in [4.69, 9.17) is 6.42 Å². The molecule has 0 N–H and O–H groups in total. The summed E-state index contributed by atoms with van der Waals surface area (Å²) >= 11 is 0. The van der Waals surface area contributed by atoms with Crippen LogP contribution in [-0.2, 0) is 4.79 Å². The third-order valence-electron chi connectivity index (χ3n) is 5.82. The molecule has 2 saturated heterocycles. The Bertz CT molecular complexity index is 598. The molecule has 1 aromatic carbocycles. The Hall–Kier alpha value is -1.79. The van der Waals surface area contributed by atoms with Crippen LogP contribution in [0.15, 0.2) is 30.3 Å². The zero-order valence-electron chi connectivity index (χ0n) is 14.8. The monoisotopic (exact) mass is 324 g/mol. The van der Waals surface area contributed by atoms with E-state index in [0.717, 1.165) is 32.4 Å². The molecule has 3 rings (SSSR count). The van der Waals surface area contributed by atoms with Gasteiger partial charge in [-0.2, -0.15) is 0 Å². The molecule has 0 saturated carbocycles. The van der Waals surface area contributed by atoms with E-state index < -0.39 is 0 Å². The summed E-state index contributed by atoms with van der Waals surface area (Å²) in [4.78, 5) is 17.6. The summed E-state index contributed by atoms with van der Waals surface area (Å²) in [5.74, 6) is 3.68. The highest BCUT2D eigenvalue weighted by Crippen LogP contribution is 2.38. The summed E-state index contributed by atoms with van der Waals surface area (Å²) in [7, 11) is 0. The van der Waals surface area contributed by atoms with Crippen LogP contribution in [-0.4, -0.2) is 47.4 Å². The molecule has 2 aliphatic heterocycles. The number of rotatable bonds is 3. The van der Waals surface area contributed by atoms with E-state index in [0.29, 0.717) is 24.4 Å². The summed E-state index contributed by atoms with van der Waals surface area (Å²) in [5.41, 5.74) is 1.36. The molecule has 3 nitrogen and oxygen atoms in total. The number of amides is 1. The number of hydrogen-bond acceptors (Lipinski definition) is 2. The zero-order valence-corrected chi connectivity index (χ0v) is 14.8. The second kappa shape index (κ2) is 7.40. The second-order valence-electron chi connectivity index (χ2n) is 7.34. The molecule has 2 heterocycles. The van der Waals surface area contributed by atoms with Gasteiger partial charge in [-0.05, 0) is 51.8 Å². The zero-order chi connectivity index (χ0) is 17.1. The Morgan fingerprint density at radius 1 is 1.21 bits per heavy atom. The van der Waals surface area contributed by atoms with Crippen molar-refractivity contribution in [1.82, 2.24) is 9.80 Å².